The van der Waals surface area contributed by atoms with Gasteiger partial charge >= 0.3 is 0 Å². The van der Waals surface area contributed by atoms with Gasteiger partial charge in [0.05, 0.1) is 20.8 Å². The highest BCUT2D eigenvalue weighted by Crippen LogP contribution is 2.53. The van der Waals surface area contributed by atoms with E-state index >= 15 is 0 Å². The van der Waals surface area contributed by atoms with Gasteiger partial charge in [-0.15, -0.1) is 0 Å². The summed E-state index contributed by atoms with van der Waals surface area (Å²) in [5.41, 5.74) is 0.890. The molecule has 2 rings (SSSR count). The molecule has 1 fully saturated rings. The fourth-order valence-corrected chi connectivity index (χ4v) is 5.74. The first-order valence-electron chi connectivity index (χ1n) is 9.64. The van der Waals surface area contributed by atoms with E-state index in [4.69, 9.17) is 9.47 Å². The average molecular weight is 398 g/mol. The highest BCUT2D eigenvalue weighted by Gasteiger charge is 2.39. The van der Waals surface area contributed by atoms with Crippen LogP contribution in [0.2, 0.25) is 0 Å². The maximum Gasteiger partial charge on any atom is 0.275 e. The number of carbonyl (C=O) groups is 1. The van der Waals surface area contributed by atoms with Crippen molar-refractivity contribution in [3.63, 3.8) is 0 Å². The quantitative estimate of drug-likeness (QED) is 0.524. The van der Waals surface area contributed by atoms with Gasteiger partial charge in [-0.05, 0) is 43.9 Å². The first-order chi connectivity index (χ1) is 12.8. The van der Waals surface area contributed by atoms with Crippen LogP contribution >= 0.6 is 7.72 Å². The van der Waals surface area contributed by atoms with Crippen LogP contribution in [-0.2, 0) is 4.79 Å². The summed E-state index contributed by atoms with van der Waals surface area (Å²) in [5, 5.41) is 3.16. The van der Waals surface area contributed by atoms with E-state index in [-0.39, 0.29) is 24.5 Å². The van der Waals surface area contributed by atoms with Crippen molar-refractivity contribution in [2.45, 2.75) is 45.1 Å². The first-order valence-corrected chi connectivity index (χ1v) is 11.7. The third kappa shape index (κ3) is 7.04. The first kappa shape index (κ1) is 22.1. The lowest BCUT2D eigenvalue weighted by Crippen LogP contribution is -2.29. The van der Waals surface area contributed by atoms with Crippen LogP contribution in [0.5, 0.6) is 11.5 Å². The van der Waals surface area contributed by atoms with Crippen LogP contribution < -0.4 is 14.8 Å². The second-order valence-electron chi connectivity index (χ2n) is 7.47. The Morgan fingerprint density at radius 1 is 1.22 bits per heavy atom. The molecule has 0 aromatic heterocycles. The fourth-order valence-electron chi connectivity index (χ4n) is 3.74. The van der Waals surface area contributed by atoms with E-state index in [1.807, 2.05) is 25.1 Å². The number of carbonyl (C=O) groups excluding carboxylic acids is 1. The molecule has 1 aliphatic carbocycles. The minimum atomic E-state index is -3.16. The van der Waals surface area contributed by atoms with Crippen molar-refractivity contribution in [2.24, 2.45) is 5.92 Å². The lowest BCUT2D eigenvalue weighted by atomic mass is 9.91. The number of rotatable bonds is 10. The molecule has 27 heavy (non-hydrogen) atoms. The van der Waals surface area contributed by atoms with Gasteiger partial charge in [0.25, 0.3) is 7.72 Å². The Bertz CT molecular complexity index is 616. The smallest absolute Gasteiger partial charge is 0.275 e. The molecule has 1 unspecified atom stereocenters. The van der Waals surface area contributed by atoms with Gasteiger partial charge in [-0.2, -0.15) is 0 Å². The summed E-state index contributed by atoms with van der Waals surface area (Å²) in [6, 6.07) is 5.39. The summed E-state index contributed by atoms with van der Waals surface area (Å²) in [6.45, 7) is 2.03. The van der Waals surface area contributed by atoms with Crippen LogP contribution in [0.25, 0.3) is 0 Å². The Labute approximate surface area is 162 Å². The standard InChI is InChI=1S/C20H33NO5P/c1-15(19-11-18(25-2)9-10-20(19)26-3)21-12-17(22)14-27(23,24)13-16-7-5-4-6-8-16/h9-11,15-16,21,23-24H,4-8,12-14H2,1-3H3/q+1. The van der Waals surface area contributed by atoms with E-state index in [0.29, 0.717) is 23.6 Å². The number of Topliss-reactive ketones (excluding diaryl/α,β-unsaturated/α-hetero) is 1. The molecule has 7 heteroatoms. The van der Waals surface area contributed by atoms with E-state index in [2.05, 4.69) is 5.32 Å². The molecule has 0 amide bonds. The maximum absolute atomic E-state index is 12.3. The van der Waals surface area contributed by atoms with Gasteiger partial charge in [0, 0.05) is 11.6 Å². The zero-order valence-electron chi connectivity index (χ0n) is 16.6. The van der Waals surface area contributed by atoms with E-state index in [1.54, 1.807) is 14.2 Å². The predicted octanol–water partition coefficient (Wildman–Crippen LogP) is 3.34. The molecule has 1 aliphatic rings. The molecule has 0 radical (unpaired) electrons. The Balaban J connectivity index is 1.87. The van der Waals surface area contributed by atoms with Crippen LogP contribution in [0.3, 0.4) is 0 Å². The van der Waals surface area contributed by atoms with E-state index in [1.165, 1.54) is 6.42 Å². The Morgan fingerprint density at radius 2 is 1.93 bits per heavy atom. The van der Waals surface area contributed by atoms with Gasteiger partial charge in [0.1, 0.15) is 17.7 Å². The molecule has 0 bridgehead atoms. The normalized spacial score (nSPS) is 16.8. The van der Waals surface area contributed by atoms with Crippen LogP contribution in [0.15, 0.2) is 18.2 Å². The molecule has 6 nitrogen and oxygen atoms in total. The molecule has 1 aromatic carbocycles. The molecule has 152 valence electrons. The van der Waals surface area contributed by atoms with E-state index in [9.17, 15) is 14.6 Å². The molecule has 0 heterocycles. The lowest BCUT2D eigenvalue weighted by Gasteiger charge is -2.23. The maximum atomic E-state index is 12.3. The average Bonchev–Trinajstić information content (AvgIpc) is 2.65. The van der Waals surface area contributed by atoms with Crippen molar-refractivity contribution in [3.05, 3.63) is 23.8 Å². The van der Waals surface area contributed by atoms with Crippen LogP contribution in [0, 0.1) is 5.92 Å². The Morgan fingerprint density at radius 3 is 2.56 bits per heavy atom. The topological polar surface area (TPSA) is 88.0 Å². The van der Waals surface area contributed by atoms with E-state index in [0.717, 1.165) is 31.2 Å². The molecule has 0 spiro atoms. The summed E-state index contributed by atoms with van der Waals surface area (Å²) in [6.07, 6.45) is 5.87. The zero-order chi connectivity index (χ0) is 19.9. The molecule has 0 aliphatic heterocycles. The molecule has 0 saturated heterocycles. The molecule has 3 N–H and O–H groups in total. The van der Waals surface area contributed by atoms with Crippen LogP contribution in [-0.4, -0.2) is 48.7 Å². The third-order valence-electron chi connectivity index (χ3n) is 5.21. The second-order valence-corrected chi connectivity index (χ2v) is 9.91. The van der Waals surface area contributed by atoms with Gasteiger partial charge in [0.2, 0.25) is 0 Å². The summed E-state index contributed by atoms with van der Waals surface area (Å²) in [5.74, 6) is 1.61. The number of methoxy groups -OCH3 is 2. The minimum Gasteiger partial charge on any atom is -0.497 e. The summed E-state index contributed by atoms with van der Waals surface area (Å²) in [7, 11) is 0.0432. The molecule has 1 atom stereocenters. The van der Waals surface area contributed by atoms with Crippen molar-refractivity contribution in [1.29, 1.82) is 0 Å². The monoisotopic (exact) mass is 398 g/mol. The number of benzene rings is 1. The van der Waals surface area contributed by atoms with Crippen molar-refractivity contribution < 1.29 is 24.1 Å². The number of ketones is 1. The third-order valence-corrected chi connectivity index (χ3v) is 7.17. The highest BCUT2D eigenvalue weighted by atomic mass is 31.2. The number of hydrogen-bond acceptors (Lipinski definition) is 6. The number of ether oxygens (including phenoxy) is 2. The highest BCUT2D eigenvalue weighted by molar-refractivity contribution is 7.65. The summed E-state index contributed by atoms with van der Waals surface area (Å²) in [4.78, 5) is 33.0. The van der Waals surface area contributed by atoms with Gasteiger partial charge in [-0.25, -0.2) is 9.79 Å². The fraction of sp³-hybridized carbons (Fsp3) is 0.650. The largest absolute Gasteiger partial charge is 0.497 e. The molecular weight excluding hydrogens is 365 g/mol. The lowest BCUT2D eigenvalue weighted by molar-refractivity contribution is -0.116. The Kier molecular flexibility index (Phi) is 8.49. The van der Waals surface area contributed by atoms with Gasteiger partial charge < -0.3 is 14.8 Å². The van der Waals surface area contributed by atoms with Crippen molar-refractivity contribution in [3.8, 4) is 11.5 Å². The SMILES string of the molecule is COc1ccc(OC)c(C(C)NCC(=O)C[P+](O)(O)CC2CCCCC2)c1. The van der Waals surface area contributed by atoms with Crippen molar-refractivity contribution >= 4 is 13.5 Å². The predicted molar refractivity (Wildman–Crippen MR) is 109 cm³/mol. The van der Waals surface area contributed by atoms with Gasteiger partial charge in [0.15, 0.2) is 11.9 Å². The van der Waals surface area contributed by atoms with Gasteiger partial charge in [-0.1, -0.05) is 19.3 Å². The zero-order valence-corrected chi connectivity index (χ0v) is 17.5. The number of nitrogens with one attached hydrogen (secondary N) is 1. The number of hydrogen-bond donors (Lipinski definition) is 3. The summed E-state index contributed by atoms with van der Waals surface area (Å²) < 4.78 is 10.6. The molecule has 1 saturated carbocycles. The Hall–Kier alpha value is -1.20. The van der Waals surface area contributed by atoms with Crippen LogP contribution in [0.4, 0.5) is 0 Å². The minimum absolute atomic E-state index is 0.0923. The van der Waals surface area contributed by atoms with Crippen LogP contribution in [0.1, 0.15) is 50.6 Å². The molecule has 1 aromatic rings. The summed E-state index contributed by atoms with van der Waals surface area (Å²) >= 11 is 0. The molecular formula is C20H33NO5P+. The second kappa shape index (κ2) is 10.4. The van der Waals surface area contributed by atoms with Gasteiger partial charge in [-0.3, -0.25) is 4.79 Å². The van der Waals surface area contributed by atoms with Crippen molar-refractivity contribution in [1.82, 2.24) is 5.32 Å². The van der Waals surface area contributed by atoms with Crippen molar-refractivity contribution in [2.75, 3.05) is 33.1 Å². The van der Waals surface area contributed by atoms with E-state index < -0.39 is 7.72 Å².